The van der Waals surface area contributed by atoms with Crippen molar-refractivity contribution in [2.45, 2.75) is 32.6 Å². The first-order valence-electron chi connectivity index (χ1n) is 6.76. The molecule has 19 heavy (non-hydrogen) atoms. The number of hydrogen-bond donors (Lipinski definition) is 0. The zero-order valence-corrected chi connectivity index (χ0v) is 12.2. The van der Waals surface area contributed by atoms with Crippen molar-refractivity contribution in [3.63, 3.8) is 0 Å². The monoisotopic (exact) mass is 262 g/mol. The van der Waals surface area contributed by atoms with E-state index < -0.39 is 0 Å². The first kappa shape index (κ1) is 13.8. The van der Waals surface area contributed by atoms with E-state index in [4.69, 9.17) is 0 Å². The molecule has 1 aromatic rings. The smallest absolute Gasteiger partial charge is 0.219 e. The van der Waals surface area contributed by atoms with E-state index in [1.54, 1.807) is 6.92 Å². The number of aryl methyl sites for hydroxylation is 1. The summed E-state index contributed by atoms with van der Waals surface area (Å²) < 4.78 is 0. The van der Waals surface area contributed by atoms with Gasteiger partial charge in [-0.25, -0.2) is 9.97 Å². The standard InChI is InChI=1S/C14H22N4O/c1-10-8-13(17(3)4)16-14(15-10)12-6-5-7-18(9-12)11(2)19/h8,12H,5-7,9H2,1-4H3. The van der Waals surface area contributed by atoms with Gasteiger partial charge in [0, 0.05) is 51.8 Å². The van der Waals surface area contributed by atoms with Crippen molar-refractivity contribution in [3.05, 3.63) is 17.6 Å². The summed E-state index contributed by atoms with van der Waals surface area (Å²) in [4.78, 5) is 24.6. The molecule has 1 aromatic heterocycles. The fourth-order valence-electron chi connectivity index (χ4n) is 2.46. The molecular weight excluding hydrogens is 240 g/mol. The van der Waals surface area contributed by atoms with E-state index in [1.807, 2.05) is 36.9 Å². The molecule has 2 rings (SSSR count). The highest BCUT2D eigenvalue weighted by molar-refractivity contribution is 5.73. The van der Waals surface area contributed by atoms with Crippen LogP contribution < -0.4 is 4.90 Å². The van der Waals surface area contributed by atoms with Crippen LogP contribution in [0.3, 0.4) is 0 Å². The number of nitrogens with zero attached hydrogens (tertiary/aromatic N) is 4. The number of rotatable bonds is 2. The second-order valence-corrected chi connectivity index (χ2v) is 5.42. The topological polar surface area (TPSA) is 49.3 Å². The number of carbonyl (C=O) groups is 1. The molecular formula is C14H22N4O. The van der Waals surface area contributed by atoms with Crippen LogP contribution in [0, 0.1) is 6.92 Å². The molecule has 1 atom stereocenters. The zero-order valence-electron chi connectivity index (χ0n) is 12.2. The number of amides is 1. The third kappa shape index (κ3) is 3.22. The van der Waals surface area contributed by atoms with Gasteiger partial charge in [-0.3, -0.25) is 4.79 Å². The zero-order chi connectivity index (χ0) is 14.0. The van der Waals surface area contributed by atoms with Crippen molar-refractivity contribution in [2.24, 2.45) is 0 Å². The Morgan fingerprint density at radius 1 is 1.42 bits per heavy atom. The molecule has 0 bridgehead atoms. The van der Waals surface area contributed by atoms with Gasteiger partial charge in [0.15, 0.2) is 0 Å². The molecule has 0 spiro atoms. The Morgan fingerprint density at radius 3 is 2.79 bits per heavy atom. The molecule has 1 aliphatic rings. The molecule has 0 saturated carbocycles. The summed E-state index contributed by atoms with van der Waals surface area (Å²) >= 11 is 0. The fourth-order valence-corrected chi connectivity index (χ4v) is 2.46. The maximum atomic E-state index is 11.5. The molecule has 1 amide bonds. The van der Waals surface area contributed by atoms with Crippen LogP contribution in [0.2, 0.25) is 0 Å². The number of piperidine rings is 1. The Balaban J connectivity index is 2.23. The number of likely N-dealkylation sites (tertiary alicyclic amines) is 1. The van der Waals surface area contributed by atoms with Gasteiger partial charge in [-0.15, -0.1) is 0 Å². The molecule has 0 aliphatic carbocycles. The first-order chi connectivity index (χ1) is 8.97. The Kier molecular flexibility index (Phi) is 4.02. The minimum atomic E-state index is 0.144. The van der Waals surface area contributed by atoms with E-state index in [1.165, 1.54) is 0 Å². The van der Waals surface area contributed by atoms with Crippen molar-refractivity contribution in [2.75, 3.05) is 32.1 Å². The first-order valence-corrected chi connectivity index (χ1v) is 6.76. The van der Waals surface area contributed by atoms with Gasteiger partial charge < -0.3 is 9.80 Å². The Bertz CT molecular complexity index is 473. The predicted molar refractivity (Wildman–Crippen MR) is 75.3 cm³/mol. The van der Waals surface area contributed by atoms with Crippen molar-refractivity contribution in [3.8, 4) is 0 Å². The van der Waals surface area contributed by atoms with E-state index in [-0.39, 0.29) is 11.8 Å². The SMILES string of the molecule is CC(=O)N1CCCC(c2nc(C)cc(N(C)C)n2)C1. The number of hydrogen-bond acceptors (Lipinski definition) is 4. The van der Waals surface area contributed by atoms with Crippen LogP contribution in [-0.2, 0) is 4.79 Å². The quantitative estimate of drug-likeness (QED) is 0.812. The fraction of sp³-hybridized carbons (Fsp3) is 0.643. The van der Waals surface area contributed by atoms with E-state index in [0.29, 0.717) is 0 Å². The largest absolute Gasteiger partial charge is 0.363 e. The van der Waals surface area contributed by atoms with Crippen LogP contribution in [0.15, 0.2) is 6.07 Å². The van der Waals surface area contributed by atoms with Gasteiger partial charge in [-0.05, 0) is 19.8 Å². The average molecular weight is 262 g/mol. The molecule has 0 aromatic carbocycles. The number of anilines is 1. The van der Waals surface area contributed by atoms with Crippen molar-refractivity contribution < 1.29 is 4.79 Å². The molecule has 1 unspecified atom stereocenters. The molecule has 1 saturated heterocycles. The Morgan fingerprint density at radius 2 is 2.16 bits per heavy atom. The van der Waals surface area contributed by atoms with Gasteiger partial charge in [-0.2, -0.15) is 0 Å². The van der Waals surface area contributed by atoms with Crippen LogP contribution in [0.5, 0.6) is 0 Å². The highest BCUT2D eigenvalue weighted by Gasteiger charge is 2.25. The highest BCUT2D eigenvalue weighted by atomic mass is 16.2. The summed E-state index contributed by atoms with van der Waals surface area (Å²) in [6.07, 6.45) is 2.08. The Labute approximate surface area is 114 Å². The lowest BCUT2D eigenvalue weighted by atomic mass is 9.97. The summed E-state index contributed by atoms with van der Waals surface area (Å²) in [6.45, 7) is 5.22. The van der Waals surface area contributed by atoms with Crippen LogP contribution in [0.4, 0.5) is 5.82 Å². The van der Waals surface area contributed by atoms with Gasteiger partial charge in [0.1, 0.15) is 11.6 Å². The number of aromatic nitrogens is 2. The minimum absolute atomic E-state index is 0.144. The van der Waals surface area contributed by atoms with E-state index in [0.717, 1.165) is 43.3 Å². The molecule has 0 radical (unpaired) electrons. The molecule has 1 aliphatic heterocycles. The molecule has 1 fully saturated rings. The lowest BCUT2D eigenvalue weighted by Crippen LogP contribution is -2.38. The van der Waals surface area contributed by atoms with Gasteiger partial charge in [0.2, 0.25) is 5.91 Å². The minimum Gasteiger partial charge on any atom is -0.363 e. The molecule has 5 heteroatoms. The van der Waals surface area contributed by atoms with Crippen LogP contribution in [-0.4, -0.2) is 48.0 Å². The van der Waals surface area contributed by atoms with Crippen LogP contribution >= 0.6 is 0 Å². The van der Waals surface area contributed by atoms with Crippen molar-refractivity contribution in [1.82, 2.24) is 14.9 Å². The van der Waals surface area contributed by atoms with Gasteiger partial charge in [0.25, 0.3) is 0 Å². The van der Waals surface area contributed by atoms with Gasteiger partial charge >= 0.3 is 0 Å². The van der Waals surface area contributed by atoms with Gasteiger partial charge in [0.05, 0.1) is 0 Å². The molecule has 0 N–H and O–H groups in total. The lowest BCUT2D eigenvalue weighted by Gasteiger charge is -2.31. The summed E-state index contributed by atoms with van der Waals surface area (Å²) in [5.41, 5.74) is 0.980. The predicted octanol–water partition coefficient (Wildman–Crippen LogP) is 1.58. The summed E-state index contributed by atoms with van der Waals surface area (Å²) in [5, 5.41) is 0. The van der Waals surface area contributed by atoms with E-state index >= 15 is 0 Å². The van der Waals surface area contributed by atoms with Crippen molar-refractivity contribution >= 4 is 11.7 Å². The maximum Gasteiger partial charge on any atom is 0.219 e. The Hall–Kier alpha value is -1.65. The highest BCUT2D eigenvalue weighted by Crippen LogP contribution is 2.26. The van der Waals surface area contributed by atoms with Crippen molar-refractivity contribution in [1.29, 1.82) is 0 Å². The van der Waals surface area contributed by atoms with E-state index in [9.17, 15) is 4.79 Å². The molecule has 104 valence electrons. The maximum absolute atomic E-state index is 11.5. The second-order valence-electron chi connectivity index (χ2n) is 5.42. The summed E-state index contributed by atoms with van der Waals surface area (Å²) in [5.74, 6) is 2.21. The lowest BCUT2D eigenvalue weighted by molar-refractivity contribution is -0.130. The molecule has 5 nitrogen and oxygen atoms in total. The number of carbonyl (C=O) groups excluding carboxylic acids is 1. The van der Waals surface area contributed by atoms with Gasteiger partial charge in [-0.1, -0.05) is 0 Å². The van der Waals surface area contributed by atoms with Crippen LogP contribution in [0.25, 0.3) is 0 Å². The third-order valence-corrected chi connectivity index (χ3v) is 3.55. The molecule has 2 heterocycles. The van der Waals surface area contributed by atoms with E-state index in [2.05, 4.69) is 9.97 Å². The third-order valence-electron chi connectivity index (χ3n) is 3.55. The summed E-state index contributed by atoms with van der Waals surface area (Å²) in [6, 6.07) is 1.98. The second kappa shape index (κ2) is 5.55. The normalized spacial score (nSPS) is 19.4. The average Bonchev–Trinajstić information content (AvgIpc) is 2.38. The van der Waals surface area contributed by atoms with Crippen LogP contribution in [0.1, 0.15) is 37.2 Å². The summed E-state index contributed by atoms with van der Waals surface area (Å²) in [7, 11) is 3.96.